The second-order valence-corrected chi connectivity index (χ2v) is 8.67. The first-order valence-electron chi connectivity index (χ1n) is 11.0. The highest BCUT2D eigenvalue weighted by Gasteiger charge is 2.39. The summed E-state index contributed by atoms with van der Waals surface area (Å²) in [6.07, 6.45) is 7.43. The minimum atomic E-state index is -0.466. The number of rotatable bonds is 10. The molecule has 1 aromatic carbocycles. The molecular formula is C25H40N2O2. The number of methoxy groups -OCH3 is 1. The molecule has 29 heavy (non-hydrogen) atoms. The fourth-order valence-corrected chi connectivity index (χ4v) is 3.95. The quantitative estimate of drug-likeness (QED) is 0.523. The van der Waals surface area contributed by atoms with E-state index in [1.54, 1.807) is 7.11 Å². The number of allylic oxidation sites excluding steroid dienone is 1. The van der Waals surface area contributed by atoms with Gasteiger partial charge in [-0.2, -0.15) is 0 Å². The lowest BCUT2D eigenvalue weighted by Crippen LogP contribution is -2.45. The Bertz CT molecular complexity index is 663. The molecule has 2 atom stereocenters. The van der Waals surface area contributed by atoms with Gasteiger partial charge in [0, 0.05) is 44.2 Å². The van der Waals surface area contributed by atoms with E-state index < -0.39 is 5.60 Å². The van der Waals surface area contributed by atoms with Crippen LogP contribution < -0.4 is 5.32 Å². The van der Waals surface area contributed by atoms with Gasteiger partial charge in [0.1, 0.15) is 5.60 Å². The molecular weight excluding hydrogens is 360 g/mol. The van der Waals surface area contributed by atoms with E-state index in [0.29, 0.717) is 12.0 Å². The largest absolute Gasteiger partial charge is 0.381 e. The van der Waals surface area contributed by atoms with Gasteiger partial charge in [0.25, 0.3) is 0 Å². The van der Waals surface area contributed by atoms with Gasteiger partial charge in [-0.1, -0.05) is 57.2 Å². The van der Waals surface area contributed by atoms with Crippen LogP contribution in [0, 0.1) is 11.3 Å². The molecule has 0 spiro atoms. The number of hydrogen-bond donors (Lipinski definition) is 1. The second kappa shape index (κ2) is 10.9. The summed E-state index contributed by atoms with van der Waals surface area (Å²) < 4.78 is 11.5. The molecule has 162 valence electrons. The minimum absolute atomic E-state index is 0.213. The van der Waals surface area contributed by atoms with Crippen molar-refractivity contribution < 1.29 is 9.47 Å². The number of ether oxygens (including phenoxy) is 2. The molecule has 4 nitrogen and oxygen atoms in total. The fraction of sp³-hybridized carbons (Fsp3) is 0.640. The Balaban J connectivity index is 2.32. The van der Waals surface area contributed by atoms with Gasteiger partial charge in [-0.25, -0.2) is 0 Å². The smallest absolute Gasteiger partial charge is 0.108 e. The lowest BCUT2D eigenvalue weighted by Gasteiger charge is -2.40. The molecule has 0 aliphatic carbocycles. The summed E-state index contributed by atoms with van der Waals surface area (Å²) in [5, 5.41) is 3.90. The molecule has 2 rings (SSSR count). The maximum atomic E-state index is 5.92. The standard InChI is InChI=1S/C25H40N2O2/c1-7-22(18-24(3,4)25(5,28-6)19-26-8-2)27-23(20-12-10-9-11-13-20)21-14-16-29-17-15-21/h9-13,18-19,21,23,27H,7-8,14-17H2,1-6H3/b22-18+,26-19-. The molecule has 1 fully saturated rings. The molecule has 1 aliphatic heterocycles. The van der Waals surface area contributed by atoms with Gasteiger partial charge in [-0.05, 0) is 44.6 Å². The zero-order valence-corrected chi connectivity index (χ0v) is 19.2. The minimum Gasteiger partial charge on any atom is -0.381 e. The molecule has 2 unspecified atom stereocenters. The molecule has 1 aromatic rings. The second-order valence-electron chi connectivity index (χ2n) is 8.67. The third-order valence-corrected chi connectivity index (χ3v) is 6.38. The van der Waals surface area contributed by atoms with E-state index in [2.05, 4.69) is 74.4 Å². The van der Waals surface area contributed by atoms with Gasteiger partial charge in [-0.15, -0.1) is 0 Å². The molecule has 0 aromatic heterocycles. The van der Waals surface area contributed by atoms with Crippen LogP contribution in [0.25, 0.3) is 0 Å². The molecule has 0 bridgehead atoms. The Kier molecular flexibility index (Phi) is 8.91. The lowest BCUT2D eigenvalue weighted by atomic mass is 9.75. The van der Waals surface area contributed by atoms with Crippen LogP contribution in [-0.2, 0) is 9.47 Å². The maximum absolute atomic E-state index is 5.92. The highest BCUT2D eigenvalue weighted by atomic mass is 16.5. The highest BCUT2D eigenvalue weighted by Crippen LogP contribution is 2.37. The van der Waals surface area contributed by atoms with Crippen LogP contribution in [0.5, 0.6) is 0 Å². The summed E-state index contributed by atoms with van der Waals surface area (Å²) in [4.78, 5) is 4.48. The van der Waals surface area contributed by atoms with Gasteiger partial charge in [0.2, 0.25) is 0 Å². The predicted molar refractivity (Wildman–Crippen MR) is 122 cm³/mol. The third kappa shape index (κ3) is 6.16. The molecule has 4 heteroatoms. The number of hydrogen-bond acceptors (Lipinski definition) is 4. The monoisotopic (exact) mass is 400 g/mol. The van der Waals surface area contributed by atoms with Gasteiger partial charge >= 0.3 is 0 Å². The zero-order valence-electron chi connectivity index (χ0n) is 19.2. The molecule has 1 N–H and O–H groups in total. The molecule has 0 radical (unpaired) electrons. The van der Waals surface area contributed by atoms with Crippen LogP contribution in [0.15, 0.2) is 47.1 Å². The zero-order chi connectivity index (χ0) is 21.3. The van der Waals surface area contributed by atoms with Crippen molar-refractivity contribution in [3.63, 3.8) is 0 Å². The van der Waals surface area contributed by atoms with Crippen molar-refractivity contribution in [3.8, 4) is 0 Å². The normalized spacial score (nSPS) is 19.9. The average Bonchev–Trinajstić information content (AvgIpc) is 2.75. The Morgan fingerprint density at radius 2 is 1.86 bits per heavy atom. The first-order chi connectivity index (χ1) is 13.9. The van der Waals surface area contributed by atoms with E-state index in [9.17, 15) is 0 Å². The average molecular weight is 401 g/mol. The molecule has 0 saturated carbocycles. The summed E-state index contributed by atoms with van der Waals surface area (Å²) in [6.45, 7) is 13.3. The fourth-order valence-electron chi connectivity index (χ4n) is 3.95. The third-order valence-electron chi connectivity index (χ3n) is 6.38. The van der Waals surface area contributed by atoms with E-state index in [4.69, 9.17) is 9.47 Å². The lowest BCUT2D eigenvalue weighted by molar-refractivity contribution is -0.00276. The first-order valence-corrected chi connectivity index (χ1v) is 11.0. The number of aliphatic imine (C=N–C) groups is 1. The Hall–Kier alpha value is -1.65. The van der Waals surface area contributed by atoms with Gasteiger partial charge in [0.05, 0.1) is 6.04 Å². The van der Waals surface area contributed by atoms with Crippen molar-refractivity contribution in [2.45, 2.75) is 65.5 Å². The number of nitrogens with zero attached hydrogens (tertiary/aromatic N) is 1. The summed E-state index contributed by atoms with van der Waals surface area (Å²) in [5.41, 5.74) is 1.92. The Morgan fingerprint density at radius 1 is 1.21 bits per heavy atom. The molecule has 1 heterocycles. The number of benzene rings is 1. The van der Waals surface area contributed by atoms with Crippen molar-refractivity contribution in [1.29, 1.82) is 0 Å². The van der Waals surface area contributed by atoms with Gasteiger partial charge in [0.15, 0.2) is 0 Å². The maximum Gasteiger partial charge on any atom is 0.108 e. The van der Waals surface area contributed by atoms with Crippen LogP contribution in [0.3, 0.4) is 0 Å². The van der Waals surface area contributed by atoms with Crippen LogP contribution >= 0.6 is 0 Å². The summed E-state index contributed by atoms with van der Waals surface area (Å²) in [5.74, 6) is 0.569. The Labute approximate surface area is 177 Å². The summed E-state index contributed by atoms with van der Waals surface area (Å²) >= 11 is 0. The van der Waals surface area contributed by atoms with Crippen LogP contribution in [0.2, 0.25) is 0 Å². The number of nitrogens with one attached hydrogen (secondary N) is 1. The van der Waals surface area contributed by atoms with E-state index >= 15 is 0 Å². The van der Waals surface area contributed by atoms with Crippen molar-refractivity contribution in [1.82, 2.24) is 5.32 Å². The first kappa shape index (κ1) is 23.6. The van der Waals surface area contributed by atoms with E-state index in [0.717, 1.165) is 39.0 Å². The Morgan fingerprint density at radius 3 is 2.41 bits per heavy atom. The summed E-state index contributed by atoms with van der Waals surface area (Å²) in [6, 6.07) is 11.1. The predicted octanol–water partition coefficient (Wildman–Crippen LogP) is 5.56. The molecule has 0 amide bonds. The molecule has 1 saturated heterocycles. The van der Waals surface area contributed by atoms with Crippen LogP contribution in [0.4, 0.5) is 0 Å². The van der Waals surface area contributed by atoms with Crippen molar-refractivity contribution in [2.24, 2.45) is 16.3 Å². The van der Waals surface area contributed by atoms with E-state index in [1.807, 2.05) is 13.1 Å². The van der Waals surface area contributed by atoms with Crippen molar-refractivity contribution in [2.75, 3.05) is 26.9 Å². The SMILES string of the molecule is CC/N=C\C(C)(OC)C(C)(C)/C=C(\CC)NC(c1ccccc1)C1CCOCC1. The van der Waals surface area contributed by atoms with E-state index in [-0.39, 0.29) is 5.41 Å². The van der Waals surface area contributed by atoms with Crippen molar-refractivity contribution in [3.05, 3.63) is 47.7 Å². The highest BCUT2D eigenvalue weighted by molar-refractivity contribution is 5.70. The molecule has 1 aliphatic rings. The van der Waals surface area contributed by atoms with Gasteiger partial charge < -0.3 is 14.8 Å². The van der Waals surface area contributed by atoms with Gasteiger partial charge in [-0.3, -0.25) is 4.99 Å². The van der Waals surface area contributed by atoms with E-state index in [1.165, 1.54) is 11.3 Å². The summed E-state index contributed by atoms with van der Waals surface area (Å²) in [7, 11) is 1.77. The van der Waals surface area contributed by atoms with Crippen molar-refractivity contribution >= 4 is 6.21 Å². The topological polar surface area (TPSA) is 42.8 Å². The van der Waals surface area contributed by atoms with Crippen LogP contribution in [0.1, 0.15) is 65.5 Å². The van der Waals surface area contributed by atoms with Crippen LogP contribution in [-0.4, -0.2) is 38.7 Å².